The Balaban J connectivity index is 1.82. The van der Waals surface area contributed by atoms with Gasteiger partial charge in [-0.1, -0.05) is 6.07 Å². The molecule has 1 saturated heterocycles. The molecular weight excluding hydrogens is 266 g/mol. The van der Waals surface area contributed by atoms with E-state index >= 15 is 0 Å². The zero-order valence-electron chi connectivity index (χ0n) is 13.1. The minimum atomic E-state index is -0.447. The molecule has 0 saturated carbocycles. The lowest BCUT2D eigenvalue weighted by Gasteiger charge is -2.45. The van der Waals surface area contributed by atoms with Gasteiger partial charge >= 0.3 is 0 Å². The van der Waals surface area contributed by atoms with Gasteiger partial charge in [-0.25, -0.2) is 0 Å². The molecule has 2 aliphatic rings. The Morgan fingerprint density at radius 2 is 2.19 bits per heavy atom. The Labute approximate surface area is 126 Å². The number of nitrogens with zero attached hydrogens (tertiary/aromatic N) is 1. The average molecular weight is 291 g/mol. The van der Waals surface area contributed by atoms with Crippen molar-refractivity contribution in [1.29, 1.82) is 0 Å². The Bertz CT molecular complexity index is 515. The van der Waals surface area contributed by atoms with Crippen LogP contribution in [0.5, 0.6) is 5.75 Å². The van der Waals surface area contributed by atoms with E-state index in [2.05, 4.69) is 24.8 Å². The van der Waals surface area contributed by atoms with Crippen LogP contribution in [0, 0.1) is 0 Å². The first-order chi connectivity index (χ1) is 10.00. The second kappa shape index (κ2) is 5.59. The Morgan fingerprint density at radius 3 is 2.90 bits per heavy atom. The minimum Gasteiger partial charge on any atom is -0.497 e. The zero-order valence-corrected chi connectivity index (χ0v) is 13.1. The topological polar surface area (TPSA) is 41.9 Å². The van der Waals surface area contributed by atoms with E-state index in [1.165, 1.54) is 5.56 Å². The quantitative estimate of drug-likeness (QED) is 0.906. The summed E-state index contributed by atoms with van der Waals surface area (Å²) in [4.78, 5) is 2.39. The fraction of sp³-hybridized carbons (Fsp3) is 0.647. The molecule has 0 bridgehead atoms. The van der Waals surface area contributed by atoms with Gasteiger partial charge in [0.05, 0.1) is 25.4 Å². The van der Waals surface area contributed by atoms with Gasteiger partial charge < -0.3 is 14.6 Å². The molecule has 1 aliphatic heterocycles. The van der Waals surface area contributed by atoms with Crippen LogP contribution in [0.1, 0.15) is 37.5 Å². The molecule has 4 heteroatoms. The molecule has 1 aromatic carbocycles. The fourth-order valence-electron chi connectivity index (χ4n) is 3.59. The van der Waals surface area contributed by atoms with E-state index in [1.807, 2.05) is 12.1 Å². The number of morpholine rings is 1. The number of ether oxygens (including phenoxy) is 2. The summed E-state index contributed by atoms with van der Waals surface area (Å²) in [6.45, 7) is 6.73. The number of hydrogen-bond donors (Lipinski definition) is 1. The molecule has 2 atom stereocenters. The van der Waals surface area contributed by atoms with Crippen molar-refractivity contribution in [1.82, 2.24) is 4.90 Å². The van der Waals surface area contributed by atoms with E-state index < -0.39 is 6.10 Å². The fourth-order valence-corrected chi connectivity index (χ4v) is 3.59. The van der Waals surface area contributed by atoms with Gasteiger partial charge in [0, 0.05) is 19.1 Å². The number of methoxy groups -OCH3 is 1. The summed E-state index contributed by atoms with van der Waals surface area (Å²) in [5.41, 5.74) is 2.13. The van der Waals surface area contributed by atoms with E-state index in [1.54, 1.807) is 7.11 Å². The molecule has 0 radical (unpaired) electrons. The van der Waals surface area contributed by atoms with Gasteiger partial charge in [-0.2, -0.15) is 0 Å². The van der Waals surface area contributed by atoms with Crippen LogP contribution in [-0.4, -0.2) is 48.5 Å². The van der Waals surface area contributed by atoms with Gasteiger partial charge in [0.1, 0.15) is 5.75 Å². The van der Waals surface area contributed by atoms with Gasteiger partial charge in [-0.05, 0) is 49.9 Å². The SMILES string of the molecule is COc1ccc2c(c1)C(O)C(N1CCOC(C)(C)C1)CC2. The van der Waals surface area contributed by atoms with Crippen molar-refractivity contribution in [3.8, 4) is 5.75 Å². The largest absolute Gasteiger partial charge is 0.497 e. The molecule has 116 valence electrons. The van der Waals surface area contributed by atoms with Gasteiger partial charge in [0.15, 0.2) is 0 Å². The summed E-state index contributed by atoms with van der Waals surface area (Å²) in [6.07, 6.45) is 1.56. The molecule has 21 heavy (non-hydrogen) atoms. The maximum absolute atomic E-state index is 10.8. The summed E-state index contributed by atoms with van der Waals surface area (Å²) in [5, 5.41) is 10.8. The molecule has 3 rings (SSSR count). The summed E-state index contributed by atoms with van der Waals surface area (Å²) in [5.74, 6) is 0.816. The first-order valence-corrected chi connectivity index (χ1v) is 7.73. The molecule has 0 spiro atoms. The van der Waals surface area contributed by atoms with E-state index in [-0.39, 0.29) is 11.6 Å². The zero-order chi connectivity index (χ0) is 15.0. The second-order valence-corrected chi connectivity index (χ2v) is 6.69. The van der Waals surface area contributed by atoms with E-state index in [0.717, 1.165) is 43.9 Å². The van der Waals surface area contributed by atoms with E-state index in [0.29, 0.717) is 0 Å². The molecule has 0 aromatic heterocycles. The summed E-state index contributed by atoms with van der Waals surface area (Å²) in [6, 6.07) is 6.21. The lowest BCUT2D eigenvalue weighted by atomic mass is 9.84. The Kier molecular flexibility index (Phi) is 3.95. The van der Waals surface area contributed by atoms with Crippen LogP contribution in [0.15, 0.2) is 18.2 Å². The monoisotopic (exact) mass is 291 g/mol. The lowest BCUT2D eigenvalue weighted by molar-refractivity contribution is -0.113. The normalized spacial score (nSPS) is 29.0. The van der Waals surface area contributed by atoms with Crippen LogP contribution in [0.4, 0.5) is 0 Å². The Morgan fingerprint density at radius 1 is 1.38 bits per heavy atom. The van der Waals surface area contributed by atoms with Crippen molar-refractivity contribution in [3.05, 3.63) is 29.3 Å². The predicted octanol–water partition coefficient (Wildman–Crippen LogP) is 2.15. The van der Waals surface area contributed by atoms with E-state index in [4.69, 9.17) is 9.47 Å². The van der Waals surface area contributed by atoms with Gasteiger partial charge in [0.25, 0.3) is 0 Å². The molecule has 1 heterocycles. The third-order valence-electron chi connectivity index (χ3n) is 4.67. The summed E-state index contributed by atoms with van der Waals surface area (Å²) in [7, 11) is 1.67. The molecular formula is C17H25NO3. The third-order valence-corrected chi connectivity index (χ3v) is 4.67. The molecule has 1 fully saturated rings. The van der Waals surface area contributed by atoms with Crippen LogP contribution >= 0.6 is 0 Å². The van der Waals surface area contributed by atoms with Crippen LogP contribution in [0.25, 0.3) is 0 Å². The molecule has 1 N–H and O–H groups in total. The maximum Gasteiger partial charge on any atom is 0.119 e. The van der Waals surface area contributed by atoms with Gasteiger partial charge in [0.2, 0.25) is 0 Å². The van der Waals surface area contributed by atoms with E-state index in [9.17, 15) is 5.11 Å². The maximum atomic E-state index is 10.8. The summed E-state index contributed by atoms with van der Waals surface area (Å²) >= 11 is 0. The number of aliphatic hydroxyl groups is 1. The number of benzene rings is 1. The smallest absolute Gasteiger partial charge is 0.119 e. The van der Waals surface area contributed by atoms with Crippen molar-refractivity contribution in [2.75, 3.05) is 26.8 Å². The van der Waals surface area contributed by atoms with Crippen LogP contribution < -0.4 is 4.74 Å². The highest BCUT2D eigenvalue weighted by Gasteiger charge is 2.37. The highest BCUT2D eigenvalue weighted by Crippen LogP contribution is 2.36. The van der Waals surface area contributed by atoms with Crippen molar-refractivity contribution in [2.45, 2.75) is 44.4 Å². The summed E-state index contributed by atoms with van der Waals surface area (Å²) < 4.78 is 11.1. The van der Waals surface area contributed by atoms with Gasteiger partial charge in [-0.3, -0.25) is 4.90 Å². The average Bonchev–Trinajstić information content (AvgIpc) is 2.46. The standard InChI is InChI=1S/C17H25NO3/c1-17(2)11-18(8-9-21-17)15-7-5-12-4-6-13(20-3)10-14(12)16(15)19/h4,6,10,15-16,19H,5,7-9,11H2,1-3H3. The highest BCUT2D eigenvalue weighted by atomic mass is 16.5. The van der Waals surface area contributed by atoms with Crippen LogP contribution in [0.2, 0.25) is 0 Å². The van der Waals surface area contributed by atoms with Crippen LogP contribution in [-0.2, 0) is 11.2 Å². The molecule has 1 aromatic rings. The highest BCUT2D eigenvalue weighted by molar-refractivity contribution is 5.39. The van der Waals surface area contributed by atoms with Gasteiger partial charge in [-0.15, -0.1) is 0 Å². The molecule has 4 nitrogen and oxygen atoms in total. The predicted molar refractivity (Wildman–Crippen MR) is 81.7 cm³/mol. The Hall–Kier alpha value is -1.10. The van der Waals surface area contributed by atoms with Crippen molar-refractivity contribution in [2.24, 2.45) is 0 Å². The molecule has 0 amide bonds. The lowest BCUT2D eigenvalue weighted by Crippen LogP contribution is -2.54. The minimum absolute atomic E-state index is 0.132. The van der Waals surface area contributed by atoms with Crippen LogP contribution in [0.3, 0.4) is 0 Å². The number of aliphatic hydroxyl groups excluding tert-OH is 1. The molecule has 2 unspecified atom stereocenters. The first kappa shape index (κ1) is 14.8. The number of hydrogen-bond acceptors (Lipinski definition) is 4. The third kappa shape index (κ3) is 2.93. The van der Waals surface area contributed by atoms with Crippen molar-refractivity contribution < 1.29 is 14.6 Å². The number of fused-ring (bicyclic) bond motifs is 1. The van der Waals surface area contributed by atoms with Crippen molar-refractivity contribution in [3.63, 3.8) is 0 Å². The number of rotatable bonds is 2. The second-order valence-electron chi connectivity index (χ2n) is 6.69. The molecule has 1 aliphatic carbocycles. The van der Waals surface area contributed by atoms with Crippen molar-refractivity contribution >= 4 is 0 Å². The number of aryl methyl sites for hydroxylation is 1. The first-order valence-electron chi connectivity index (χ1n) is 7.73.